The molecule has 0 spiro atoms. The number of hydrogen-bond donors (Lipinski definition) is 2. The van der Waals surface area contributed by atoms with Crippen LogP contribution in [0, 0.1) is 0 Å². The van der Waals surface area contributed by atoms with Crippen LogP contribution in [0.2, 0.25) is 0 Å². The van der Waals surface area contributed by atoms with Gasteiger partial charge in [-0.3, -0.25) is 4.84 Å². The van der Waals surface area contributed by atoms with Crippen molar-refractivity contribution in [1.29, 1.82) is 0 Å². The first kappa shape index (κ1) is 14.7. The fourth-order valence-electron chi connectivity index (χ4n) is 1.90. The Labute approximate surface area is 125 Å². The summed E-state index contributed by atoms with van der Waals surface area (Å²) in [5.41, 5.74) is 5.31. The molecule has 0 aliphatic rings. The average Bonchev–Trinajstić information content (AvgIpc) is 2.79. The number of aromatic nitrogens is 1. The number of hydrogen-bond acceptors (Lipinski definition) is 4. The number of hydroxylamine groups is 1. The van der Waals surface area contributed by atoms with Crippen LogP contribution in [-0.4, -0.2) is 30.8 Å². The molecule has 2 rings (SSSR count). The van der Waals surface area contributed by atoms with Gasteiger partial charge in [-0.05, 0) is 46.3 Å². The van der Waals surface area contributed by atoms with Crippen molar-refractivity contribution in [3.63, 3.8) is 0 Å². The van der Waals surface area contributed by atoms with Crippen molar-refractivity contribution in [2.24, 2.45) is 0 Å². The number of halogens is 1. The molecule has 4 nitrogen and oxygen atoms in total. The highest BCUT2D eigenvalue weighted by molar-refractivity contribution is 9.10. The number of nitrogens with one attached hydrogen (secondary N) is 2. The maximum Gasteiger partial charge on any atom is 0.133 e. The molecule has 0 unspecified atom stereocenters. The first-order valence-corrected chi connectivity index (χ1v) is 8.12. The van der Waals surface area contributed by atoms with Crippen LogP contribution in [0.4, 0.5) is 0 Å². The van der Waals surface area contributed by atoms with Gasteiger partial charge < -0.3 is 9.72 Å². The van der Waals surface area contributed by atoms with E-state index in [9.17, 15) is 0 Å². The van der Waals surface area contributed by atoms with Crippen molar-refractivity contribution in [3.05, 3.63) is 28.4 Å². The highest BCUT2D eigenvalue weighted by atomic mass is 79.9. The van der Waals surface area contributed by atoms with Crippen LogP contribution in [0.5, 0.6) is 5.75 Å². The van der Waals surface area contributed by atoms with Gasteiger partial charge in [-0.25, -0.2) is 5.48 Å². The van der Waals surface area contributed by atoms with E-state index in [4.69, 9.17) is 9.57 Å². The third-order valence-corrected chi connectivity index (χ3v) is 3.79. The highest BCUT2D eigenvalue weighted by Crippen LogP contribution is 2.31. The summed E-state index contributed by atoms with van der Waals surface area (Å²) in [6.45, 7) is 0.784. The largest absolute Gasteiger partial charge is 0.496 e. The summed E-state index contributed by atoms with van der Waals surface area (Å²) >= 11 is 5.13. The predicted molar refractivity (Wildman–Crippen MR) is 83.7 cm³/mol. The lowest BCUT2D eigenvalue weighted by atomic mass is 10.1. The van der Waals surface area contributed by atoms with E-state index < -0.39 is 0 Å². The fraction of sp³-hybridized carbons (Fsp3) is 0.385. The zero-order chi connectivity index (χ0) is 13.7. The number of benzene rings is 1. The van der Waals surface area contributed by atoms with Gasteiger partial charge in [0.25, 0.3) is 0 Å². The number of aromatic amines is 1. The first-order chi connectivity index (χ1) is 9.26. The Kier molecular flexibility index (Phi) is 5.57. The second kappa shape index (κ2) is 7.19. The normalized spacial score (nSPS) is 11.1. The van der Waals surface area contributed by atoms with Crippen molar-refractivity contribution in [3.8, 4) is 5.75 Å². The van der Waals surface area contributed by atoms with E-state index in [1.807, 2.05) is 24.6 Å². The first-order valence-electron chi connectivity index (χ1n) is 5.93. The third kappa shape index (κ3) is 3.66. The van der Waals surface area contributed by atoms with E-state index in [1.54, 1.807) is 18.9 Å². The lowest BCUT2D eigenvalue weighted by Crippen LogP contribution is -2.17. The predicted octanol–water partition coefficient (Wildman–Crippen LogP) is 3.32. The molecule has 0 amide bonds. The molecule has 1 aromatic heterocycles. The van der Waals surface area contributed by atoms with E-state index in [-0.39, 0.29) is 0 Å². The molecule has 0 fully saturated rings. The number of thioether (sulfide) groups is 1. The second-order valence-electron chi connectivity index (χ2n) is 4.04. The Morgan fingerprint density at radius 1 is 1.42 bits per heavy atom. The molecule has 1 heterocycles. The molecular weight excluding hydrogens is 328 g/mol. The summed E-state index contributed by atoms with van der Waals surface area (Å²) < 4.78 is 6.29. The standard InChI is InChI=1S/C13H17BrN2O2S/c1-17-13-5-10-9(3-4-16-18-8-19-2)7-15-12(10)6-11(13)14/h5-7,15-16H,3-4,8H2,1-2H3. The van der Waals surface area contributed by atoms with Crippen molar-refractivity contribution in [2.75, 3.05) is 25.8 Å². The van der Waals surface area contributed by atoms with Crippen LogP contribution in [0.15, 0.2) is 22.8 Å². The molecule has 104 valence electrons. The summed E-state index contributed by atoms with van der Waals surface area (Å²) in [5, 5.41) is 1.19. The van der Waals surface area contributed by atoms with Crippen LogP contribution in [0.1, 0.15) is 5.56 Å². The Balaban J connectivity index is 2.07. The van der Waals surface area contributed by atoms with Gasteiger partial charge in [0, 0.05) is 23.6 Å². The molecule has 19 heavy (non-hydrogen) atoms. The highest BCUT2D eigenvalue weighted by Gasteiger charge is 2.08. The Hall–Kier alpha value is -0.690. The average molecular weight is 345 g/mol. The maximum atomic E-state index is 5.33. The molecule has 0 radical (unpaired) electrons. The van der Waals surface area contributed by atoms with Crippen molar-refractivity contribution < 1.29 is 9.57 Å². The number of ether oxygens (including phenoxy) is 1. The van der Waals surface area contributed by atoms with E-state index in [1.165, 1.54) is 10.9 Å². The van der Waals surface area contributed by atoms with Gasteiger partial charge in [0.05, 0.1) is 11.6 Å². The van der Waals surface area contributed by atoms with Gasteiger partial charge in [0.2, 0.25) is 0 Å². The molecule has 1 aromatic carbocycles. The van der Waals surface area contributed by atoms with Crippen LogP contribution >= 0.6 is 27.7 Å². The van der Waals surface area contributed by atoms with Gasteiger partial charge >= 0.3 is 0 Å². The Morgan fingerprint density at radius 2 is 2.26 bits per heavy atom. The Morgan fingerprint density at radius 3 is 3.00 bits per heavy atom. The minimum absolute atomic E-state index is 0.661. The van der Waals surface area contributed by atoms with E-state index in [0.717, 1.165) is 28.7 Å². The van der Waals surface area contributed by atoms with Crippen molar-refractivity contribution in [1.82, 2.24) is 10.5 Å². The van der Waals surface area contributed by atoms with Gasteiger partial charge in [-0.15, -0.1) is 11.8 Å². The molecule has 0 bridgehead atoms. The summed E-state index contributed by atoms with van der Waals surface area (Å²) in [4.78, 5) is 8.50. The van der Waals surface area contributed by atoms with Gasteiger partial charge in [-0.2, -0.15) is 0 Å². The lowest BCUT2D eigenvalue weighted by molar-refractivity contribution is 0.0801. The minimum atomic E-state index is 0.661. The van der Waals surface area contributed by atoms with Crippen LogP contribution in [0.3, 0.4) is 0 Å². The van der Waals surface area contributed by atoms with Crippen LogP contribution in [0.25, 0.3) is 10.9 Å². The van der Waals surface area contributed by atoms with Crippen molar-refractivity contribution in [2.45, 2.75) is 6.42 Å². The molecule has 2 aromatic rings. The number of methoxy groups -OCH3 is 1. The molecule has 0 aliphatic carbocycles. The van der Waals surface area contributed by atoms with Gasteiger partial charge in [0.1, 0.15) is 11.7 Å². The van der Waals surface area contributed by atoms with Gasteiger partial charge in [0.15, 0.2) is 0 Å². The number of rotatable bonds is 7. The zero-order valence-electron chi connectivity index (χ0n) is 11.0. The van der Waals surface area contributed by atoms with Crippen LogP contribution in [-0.2, 0) is 11.3 Å². The summed E-state index contributed by atoms with van der Waals surface area (Å²) in [6.07, 6.45) is 4.94. The second-order valence-corrected chi connectivity index (χ2v) is 5.71. The minimum Gasteiger partial charge on any atom is -0.496 e. The number of H-pyrrole nitrogens is 1. The lowest BCUT2D eigenvalue weighted by Gasteiger charge is -2.06. The third-order valence-electron chi connectivity index (χ3n) is 2.82. The van der Waals surface area contributed by atoms with E-state index >= 15 is 0 Å². The van der Waals surface area contributed by atoms with Gasteiger partial charge in [-0.1, -0.05) is 0 Å². The molecule has 0 saturated carbocycles. The molecule has 2 N–H and O–H groups in total. The van der Waals surface area contributed by atoms with E-state index in [2.05, 4.69) is 26.4 Å². The quantitative estimate of drug-likeness (QED) is 0.459. The SMILES string of the molecule is COc1cc2c(CCNOCSC)c[nH]c2cc1Br. The molecular formula is C13H17BrN2O2S. The smallest absolute Gasteiger partial charge is 0.133 e. The summed E-state index contributed by atoms with van der Waals surface area (Å²) in [6, 6.07) is 4.09. The summed E-state index contributed by atoms with van der Waals surface area (Å²) in [7, 11) is 1.68. The van der Waals surface area contributed by atoms with Crippen LogP contribution < -0.4 is 10.2 Å². The van der Waals surface area contributed by atoms with E-state index in [0.29, 0.717) is 5.94 Å². The topological polar surface area (TPSA) is 46.3 Å². The fourth-order valence-corrected chi connectivity index (χ4v) is 2.61. The molecule has 0 saturated heterocycles. The number of fused-ring (bicyclic) bond motifs is 1. The monoisotopic (exact) mass is 344 g/mol. The summed E-state index contributed by atoms with van der Waals surface area (Å²) in [5.74, 6) is 1.51. The molecule has 6 heteroatoms. The Bertz CT molecular complexity index is 545. The van der Waals surface area contributed by atoms with Crippen molar-refractivity contribution >= 4 is 38.6 Å². The zero-order valence-corrected chi connectivity index (χ0v) is 13.4. The molecule has 0 aliphatic heterocycles. The maximum absolute atomic E-state index is 5.33. The molecule has 0 atom stereocenters.